The molecule has 0 aliphatic rings. The molecule has 0 spiro atoms. The van der Waals surface area contributed by atoms with E-state index in [9.17, 15) is 0 Å². The summed E-state index contributed by atoms with van der Waals surface area (Å²) in [5, 5.41) is 14.8. The van der Waals surface area contributed by atoms with Crippen molar-refractivity contribution >= 4 is 11.9 Å². The van der Waals surface area contributed by atoms with Crippen LogP contribution in [0.25, 0.3) is 0 Å². The second-order valence-corrected chi connectivity index (χ2v) is 4.57. The molecule has 0 bridgehead atoms. The Labute approximate surface area is 141 Å². The average molecular weight is 337 g/mol. The molecule has 0 heterocycles. The third kappa shape index (κ3) is 8.00. The van der Waals surface area contributed by atoms with E-state index in [1.54, 1.807) is 14.2 Å². The summed E-state index contributed by atoms with van der Waals surface area (Å²) in [6.45, 7) is 10.0. The average Bonchev–Trinajstić information content (AvgIpc) is 2.55. The Morgan fingerprint density at radius 1 is 1.04 bits per heavy atom. The van der Waals surface area contributed by atoms with Crippen molar-refractivity contribution in [1.82, 2.24) is 4.90 Å². The Kier molecular flexibility index (Phi) is 10.4. The molecular formula is C17H23NO6. The van der Waals surface area contributed by atoms with E-state index in [1.165, 1.54) is 5.56 Å². The number of hydrogen-bond donors (Lipinski definition) is 2. The number of hydrogen-bond acceptors (Lipinski definition) is 5. The molecule has 0 unspecified atom stereocenters. The van der Waals surface area contributed by atoms with Gasteiger partial charge in [0.15, 0.2) is 11.5 Å². The lowest BCUT2D eigenvalue weighted by Crippen LogP contribution is -2.23. The number of nitrogens with zero attached hydrogens (tertiary/aromatic N) is 1. The number of rotatable bonds is 8. The molecular weight excluding hydrogens is 314 g/mol. The van der Waals surface area contributed by atoms with Crippen molar-refractivity contribution in [2.75, 3.05) is 27.3 Å². The molecule has 1 rings (SSSR count). The fraction of sp³-hybridized carbons (Fsp3) is 0.294. The van der Waals surface area contributed by atoms with Gasteiger partial charge in [0, 0.05) is 19.6 Å². The lowest BCUT2D eigenvalue weighted by Gasteiger charge is -2.19. The van der Waals surface area contributed by atoms with Gasteiger partial charge in [0.2, 0.25) is 0 Å². The molecule has 0 saturated heterocycles. The largest absolute Gasteiger partial charge is 0.493 e. The number of methoxy groups -OCH3 is 2. The first-order valence-electron chi connectivity index (χ1n) is 7.00. The Bertz CT molecular complexity index is 548. The second-order valence-electron chi connectivity index (χ2n) is 4.57. The van der Waals surface area contributed by atoms with Crippen molar-refractivity contribution in [2.45, 2.75) is 6.54 Å². The molecule has 0 amide bonds. The third-order valence-electron chi connectivity index (χ3n) is 2.81. The van der Waals surface area contributed by atoms with E-state index in [0.717, 1.165) is 31.1 Å². The predicted molar refractivity (Wildman–Crippen MR) is 90.5 cm³/mol. The van der Waals surface area contributed by atoms with Gasteiger partial charge >= 0.3 is 11.9 Å². The van der Waals surface area contributed by atoms with Crippen LogP contribution in [-0.2, 0) is 16.1 Å². The highest BCUT2D eigenvalue weighted by Crippen LogP contribution is 2.27. The van der Waals surface area contributed by atoms with Crippen LogP contribution in [0.2, 0.25) is 0 Å². The summed E-state index contributed by atoms with van der Waals surface area (Å²) >= 11 is 0. The fourth-order valence-electron chi connectivity index (χ4n) is 1.81. The number of benzene rings is 1. The number of aliphatic carboxylic acids is 2. The van der Waals surface area contributed by atoms with Gasteiger partial charge in [0.25, 0.3) is 0 Å². The first kappa shape index (κ1) is 21.2. The molecule has 2 N–H and O–H groups in total. The van der Waals surface area contributed by atoms with E-state index in [-0.39, 0.29) is 0 Å². The molecule has 0 fully saturated rings. The summed E-state index contributed by atoms with van der Waals surface area (Å²) in [6.07, 6.45) is 3.79. The number of carbonyl (C=O) groups is 2. The van der Waals surface area contributed by atoms with E-state index >= 15 is 0 Å². The molecule has 7 nitrogen and oxygen atoms in total. The maximum atomic E-state index is 9.10. The van der Waals surface area contributed by atoms with E-state index < -0.39 is 11.9 Å². The van der Waals surface area contributed by atoms with Crippen molar-refractivity contribution in [3.63, 3.8) is 0 Å². The summed E-state index contributed by atoms with van der Waals surface area (Å²) in [7, 11) is 3.28. The SMILES string of the molecule is C=CCN(CC=C)Cc1ccc(OC)c(OC)c1.O=C(O)C(=O)O. The van der Waals surface area contributed by atoms with Crippen LogP contribution in [0.5, 0.6) is 11.5 Å². The summed E-state index contributed by atoms with van der Waals surface area (Å²) in [6, 6.07) is 5.96. The van der Waals surface area contributed by atoms with Gasteiger partial charge in [-0.05, 0) is 17.7 Å². The van der Waals surface area contributed by atoms with E-state index in [2.05, 4.69) is 18.1 Å². The fourth-order valence-corrected chi connectivity index (χ4v) is 1.81. The minimum atomic E-state index is -1.82. The highest BCUT2D eigenvalue weighted by Gasteiger charge is 2.07. The maximum absolute atomic E-state index is 9.10. The van der Waals surface area contributed by atoms with Crippen LogP contribution in [0.3, 0.4) is 0 Å². The Morgan fingerprint density at radius 2 is 1.54 bits per heavy atom. The standard InChI is InChI=1S/C15H21NO2.C2H2O4/c1-5-9-16(10-6-2)12-13-7-8-14(17-3)15(11-13)18-4;3-1(4)2(5)6/h5-8,11H,1-2,9-10,12H2,3-4H3;(H,3,4)(H,5,6). The van der Waals surface area contributed by atoms with Crippen LogP contribution in [0, 0.1) is 0 Å². The Morgan fingerprint density at radius 3 is 1.92 bits per heavy atom. The minimum Gasteiger partial charge on any atom is -0.493 e. The van der Waals surface area contributed by atoms with Crippen molar-refractivity contribution in [3.8, 4) is 11.5 Å². The number of ether oxygens (including phenoxy) is 2. The van der Waals surface area contributed by atoms with Crippen molar-refractivity contribution < 1.29 is 29.3 Å². The molecule has 0 aliphatic carbocycles. The van der Waals surface area contributed by atoms with Gasteiger partial charge in [-0.15, -0.1) is 13.2 Å². The molecule has 0 aliphatic heterocycles. The first-order valence-corrected chi connectivity index (χ1v) is 7.00. The van der Waals surface area contributed by atoms with Gasteiger partial charge < -0.3 is 19.7 Å². The van der Waals surface area contributed by atoms with Gasteiger partial charge in [-0.1, -0.05) is 18.2 Å². The van der Waals surface area contributed by atoms with Crippen molar-refractivity contribution in [2.24, 2.45) is 0 Å². The van der Waals surface area contributed by atoms with Gasteiger partial charge in [-0.3, -0.25) is 4.90 Å². The second kappa shape index (κ2) is 11.7. The van der Waals surface area contributed by atoms with Gasteiger partial charge in [0.05, 0.1) is 14.2 Å². The van der Waals surface area contributed by atoms with E-state index in [1.807, 2.05) is 30.4 Å². The first-order chi connectivity index (χ1) is 11.4. The zero-order valence-corrected chi connectivity index (χ0v) is 13.9. The highest BCUT2D eigenvalue weighted by molar-refractivity contribution is 6.27. The van der Waals surface area contributed by atoms with Crippen LogP contribution >= 0.6 is 0 Å². The zero-order chi connectivity index (χ0) is 18.5. The zero-order valence-electron chi connectivity index (χ0n) is 13.9. The van der Waals surface area contributed by atoms with Crippen LogP contribution < -0.4 is 9.47 Å². The summed E-state index contributed by atoms with van der Waals surface area (Å²) < 4.78 is 10.5. The molecule has 1 aromatic rings. The molecule has 132 valence electrons. The lowest BCUT2D eigenvalue weighted by atomic mass is 10.2. The Balaban J connectivity index is 0.000000754. The van der Waals surface area contributed by atoms with Gasteiger partial charge in [0.1, 0.15) is 0 Å². The predicted octanol–water partition coefficient (Wildman–Crippen LogP) is 2.03. The number of carboxylic acids is 2. The third-order valence-corrected chi connectivity index (χ3v) is 2.81. The van der Waals surface area contributed by atoms with Crippen LogP contribution in [-0.4, -0.2) is 54.4 Å². The molecule has 0 radical (unpaired) electrons. The molecule has 24 heavy (non-hydrogen) atoms. The van der Waals surface area contributed by atoms with Crippen molar-refractivity contribution in [1.29, 1.82) is 0 Å². The monoisotopic (exact) mass is 337 g/mol. The molecule has 7 heteroatoms. The topological polar surface area (TPSA) is 96.3 Å². The summed E-state index contributed by atoms with van der Waals surface area (Å²) in [4.78, 5) is 20.4. The van der Waals surface area contributed by atoms with E-state index in [4.69, 9.17) is 29.3 Å². The smallest absolute Gasteiger partial charge is 0.414 e. The van der Waals surface area contributed by atoms with Gasteiger partial charge in [-0.2, -0.15) is 0 Å². The normalized spacial score (nSPS) is 9.46. The molecule has 0 saturated carbocycles. The molecule has 0 aromatic heterocycles. The van der Waals surface area contributed by atoms with Crippen LogP contribution in [0.4, 0.5) is 0 Å². The van der Waals surface area contributed by atoms with E-state index in [0.29, 0.717) is 0 Å². The highest BCUT2D eigenvalue weighted by atomic mass is 16.5. The van der Waals surface area contributed by atoms with Crippen LogP contribution in [0.15, 0.2) is 43.5 Å². The molecule has 1 aromatic carbocycles. The lowest BCUT2D eigenvalue weighted by molar-refractivity contribution is -0.159. The minimum absolute atomic E-state index is 0.750. The van der Waals surface area contributed by atoms with Gasteiger partial charge in [-0.25, -0.2) is 9.59 Å². The van der Waals surface area contributed by atoms with Crippen LogP contribution in [0.1, 0.15) is 5.56 Å². The maximum Gasteiger partial charge on any atom is 0.414 e. The molecule has 0 atom stereocenters. The summed E-state index contributed by atoms with van der Waals surface area (Å²) in [5.74, 6) is -2.14. The number of carboxylic acid groups (broad SMARTS) is 2. The summed E-state index contributed by atoms with van der Waals surface area (Å²) in [5.41, 5.74) is 1.18. The van der Waals surface area contributed by atoms with Crippen molar-refractivity contribution in [3.05, 3.63) is 49.1 Å². The Hall–Kier alpha value is -2.80. The quantitative estimate of drug-likeness (QED) is 0.553.